The zero-order valence-corrected chi connectivity index (χ0v) is 7.90. The average molecular weight is 189 g/mol. The Morgan fingerprint density at radius 2 is 2.00 bits per heavy atom. The van der Waals surface area contributed by atoms with Crippen molar-refractivity contribution in [1.29, 1.82) is 0 Å². The van der Waals surface area contributed by atoms with Crippen molar-refractivity contribution in [3.05, 3.63) is 47.7 Å². The molecule has 0 atom stereocenters. The van der Waals surface area contributed by atoms with Crippen LogP contribution in [0.4, 0.5) is 0 Å². The summed E-state index contributed by atoms with van der Waals surface area (Å²) in [5.41, 5.74) is 1.07. The first-order valence-electron chi connectivity index (χ1n) is 4.43. The highest BCUT2D eigenvalue weighted by molar-refractivity contribution is 5.27. The summed E-state index contributed by atoms with van der Waals surface area (Å²) in [6.07, 6.45) is 2.36. The van der Waals surface area contributed by atoms with Crippen LogP contribution in [-0.4, -0.2) is 10.1 Å². The number of nitrogens with zero attached hydrogens (tertiary/aromatic N) is 1. The number of oxazole rings is 1. The minimum absolute atomic E-state index is 0.275. The molecule has 0 amide bonds. The molecule has 1 aromatic carbocycles. The maximum absolute atomic E-state index is 9.09. The van der Waals surface area contributed by atoms with E-state index in [0.717, 1.165) is 11.3 Å². The second-order valence-electron chi connectivity index (χ2n) is 3.21. The largest absolute Gasteiger partial charge is 0.508 e. The molecular weight excluding hydrogens is 178 g/mol. The van der Waals surface area contributed by atoms with Gasteiger partial charge in [-0.25, -0.2) is 4.98 Å². The van der Waals surface area contributed by atoms with Crippen molar-refractivity contribution in [3.63, 3.8) is 0 Å². The van der Waals surface area contributed by atoms with Crippen molar-refractivity contribution in [2.75, 3.05) is 0 Å². The SMILES string of the molecule is Cc1cnc(Cc2ccc(O)cc2)o1. The highest BCUT2D eigenvalue weighted by Crippen LogP contribution is 2.13. The van der Waals surface area contributed by atoms with Gasteiger partial charge in [-0.3, -0.25) is 0 Å². The van der Waals surface area contributed by atoms with E-state index < -0.39 is 0 Å². The summed E-state index contributed by atoms with van der Waals surface area (Å²) in [5.74, 6) is 1.80. The van der Waals surface area contributed by atoms with Crippen molar-refractivity contribution < 1.29 is 9.52 Å². The summed E-state index contributed by atoms with van der Waals surface area (Å²) in [7, 11) is 0. The second kappa shape index (κ2) is 3.54. The van der Waals surface area contributed by atoms with Crippen LogP contribution in [0.2, 0.25) is 0 Å². The Morgan fingerprint density at radius 3 is 2.57 bits per heavy atom. The topological polar surface area (TPSA) is 46.3 Å². The number of aromatic hydroxyl groups is 1. The van der Waals surface area contributed by atoms with E-state index in [1.54, 1.807) is 18.3 Å². The molecule has 0 spiro atoms. The molecule has 0 aliphatic rings. The maximum Gasteiger partial charge on any atom is 0.198 e. The van der Waals surface area contributed by atoms with Crippen LogP contribution in [0.1, 0.15) is 17.2 Å². The number of aromatic nitrogens is 1. The van der Waals surface area contributed by atoms with Crippen LogP contribution in [0.25, 0.3) is 0 Å². The first kappa shape index (κ1) is 8.81. The monoisotopic (exact) mass is 189 g/mol. The third kappa shape index (κ3) is 1.93. The smallest absolute Gasteiger partial charge is 0.198 e. The summed E-state index contributed by atoms with van der Waals surface area (Å²) in [5, 5.41) is 9.09. The number of phenolic OH excluding ortho intramolecular Hbond substituents is 1. The molecule has 0 aliphatic carbocycles. The van der Waals surface area contributed by atoms with Gasteiger partial charge in [0.2, 0.25) is 0 Å². The summed E-state index contributed by atoms with van der Waals surface area (Å²) >= 11 is 0. The second-order valence-corrected chi connectivity index (χ2v) is 3.21. The van der Waals surface area contributed by atoms with Crippen LogP contribution in [0, 0.1) is 6.92 Å². The van der Waals surface area contributed by atoms with Crippen LogP contribution in [0.15, 0.2) is 34.9 Å². The van der Waals surface area contributed by atoms with Gasteiger partial charge in [0.25, 0.3) is 0 Å². The molecule has 3 nitrogen and oxygen atoms in total. The summed E-state index contributed by atoms with van der Waals surface area (Å²) in [6, 6.07) is 7.03. The minimum atomic E-state index is 0.275. The molecule has 1 N–H and O–H groups in total. The van der Waals surface area contributed by atoms with Crippen molar-refractivity contribution in [1.82, 2.24) is 4.98 Å². The molecule has 0 saturated heterocycles. The summed E-state index contributed by atoms with van der Waals surface area (Å²) in [6.45, 7) is 1.87. The summed E-state index contributed by atoms with van der Waals surface area (Å²) < 4.78 is 5.34. The van der Waals surface area contributed by atoms with Gasteiger partial charge in [0, 0.05) is 6.42 Å². The number of benzene rings is 1. The van der Waals surface area contributed by atoms with E-state index in [4.69, 9.17) is 9.52 Å². The molecule has 72 valence electrons. The number of phenols is 1. The maximum atomic E-state index is 9.09. The Kier molecular flexibility index (Phi) is 2.23. The third-order valence-electron chi connectivity index (χ3n) is 1.96. The molecule has 0 aliphatic heterocycles. The molecule has 2 rings (SSSR count). The molecule has 3 heteroatoms. The van der Waals surface area contributed by atoms with Gasteiger partial charge >= 0.3 is 0 Å². The van der Waals surface area contributed by atoms with Crippen LogP contribution in [0.3, 0.4) is 0 Å². The molecule has 0 radical (unpaired) electrons. The lowest BCUT2D eigenvalue weighted by molar-refractivity contribution is 0.473. The Bertz CT molecular complexity index is 417. The predicted octanol–water partition coefficient (Wildman–Crippen LogP) is 2.28. The lowest BCUT2D eigenvalue weighted by Crippen LogP contribution is -1.86. The van der Waals surface area contributed by atoms with Gasteiger partial charge < -0.3 is 9.52 Å². The van der Waals surface area contributed by atoms with Gasteiger partial charge in [-0.05, 0) is 24.6 Å². The van der Waals surface area contributed by atoms with Crippen molar-refractivity contribution in [2.24, 2.45) is 0 Å². The number of hydrogen-bond acceptors (Lipinski definition) is 3. The predicted molar refractivity (Wildman–Crippen MR) is 52.2 cm³/mol. The Hall–Kier alpha value is -1.77. The number of rotatable bonds is 2. The van der Waals surface area contributed by atoms with E-state index in [1.807, 2.05) is 19.1 Å². The Morgan fingerprint density at radius 1 is 1.29 bits per heavy atom. The van der Waals surface area contributed by atoms with Gasteiger partial charge in [-0.2, -0.15) is 0 Å². The fraction of sp³-hybridized carbons (Fsp3) is 0.182. The average Bonchev–Trinajstić information content (AvgIpc) is 2.56. The summed E-state index contributed by atoms with van der Waals surface area (Å²) in [4.78, 5) is 4.10. The van der Waals surface area contributed by atoms with Crippen molar-refractivity contribution >= 4 is 0 Å². The normalized spacial score (nSPS) is 10.4. The fourth-order valence-corrected chi connectivity index (χ4v) is 1.27. The molecule has 0 saturated carbocycles. The molecular formula is C11H11NO2. The Balaban J connectivity index is 2.15. The van der Waals surface area contributed by atoms with Crippen LogP contribution >= 0.6 is 0 Å². The van der Waals surface area contributed by atoms with Gasteiger partial charge in [0.1, 0.15) is 11.5 Å². The fourth-order valence-electron chi connectivity index (χ4n) is 1.27. The number of aryl methyl sites for hydroxylation is 1. The van der Waals surface area contributed by atoms with E-state index in [0.29, 0.717) is 12.3 Å². The first-order chi connectivity index (χ1) is 6.74. The van der Waals surface area contributed by atoms with Crippen LogP contribution in [0.5, 0.6) is 5.75 Å². The highest BCUT2D eigenvalue weighted by atomic mass is 16.4. The van der Waals surface area contributed by atoms with Gasteiger partial charge in [0.15, 0.2) is 5.89 Å². The molecule has 2 aromatic rings. The quantitative estimate of drug-likeness (QED) is 0.788. The van der Waals surface area contributed by atoms with Crippen molar-refractivity contribution in [2.45, 2.75) is 13.3 Å². The van der Waals surface area contributed by atoms with E-state index in [9.17, 15) is 0 Å². The first-order valence-corrected chi connectivity index (χ1v) is 4.43. The van der Waals surface area contributed by atoms with Gasteiger partial charge in [0.05, 0.1) is 6.20 Å². The van der Waals surface area contributed by atoms with E-state index in [1.165, 1.54) is 0 Å². The zero-order chi connectivity index (χ0) is 9.97. The molecule has 0 unspecified atom stereocenters. The van der Waals surface area contributed by atoms with Crippen LogP contribution < -0.4 is 0 Å². The zero-order valence-electron chi connectivity index (χ0n) is 7.90. The van der Waals surface area contributed by atoms with E-state index >= 15 is 0 Å². The van der Waals surface area contributed by atoms with Gasteiger partial charge in [-0.15, -0.1) is 0 Å². The minimum Gasteiger partial charge on any atom is -0.508 e. The molecule has 1 heterocycles. The third-order valence-corrected chi connectivity index (χ3v) is 1.96. The van der Waals surface area contributed by atoms with Gasteiger partial charge in [-0.1, -0.05) is 12.1 Å². The lowest BCUT2D eigenvalue weighted by atomic mass is 10.1. The molecule has 1 aromatic heterocycles. The lowest BCUT2D eigenvalue weighted by Gasteiger charge is -1.97. The molecule has 14 heavy (non-hydrogen) atoms. The standard InChI is InChI=1S/C11H11NO2/c1-8-7-12-11(14-8)6-9-2-4-10(13)5-3-9/h2-5,7,13H,6H2,1H3. The van der Waals surface area contributed by atoms with E-state index in [-0.39, 0.29) is 5.75 Å². The molecule has 0 bridgehead atoms. The van der Waals surface area contributed by atoms with Crippen LogP contribution in [-0.2, 0) is 6.42 Å². The highest BCUT2D eigenvalue weighted by Gasteiger charge is 2.01. The van der Waals surface area contributed by atoms with Crippen molar-refractivity contribution in [3.8, 4) is 5.75 Å². The molecule has 0 fully saturated rings. The van der Waals surface area contributed by atoms with E-state index in [2.05, 4.69) is 4.98 Å². The Labute approximate surface area is 82.0 Å². The number of hydrogen-bond donors (Lipinski definition) is 1.